The normalized spacial score (nSPS) is 11.5. The summed E-state index contributed by atoms with van der Waals surface area (Å²) in [4.78, 5) is 0. The number of nitriles is 1. The number of rotatable bonds is 3. The summed E-state index contributed by atoms with van der Waals surface area (Å²) in [6.45, 7) is 2.26. The van der Waals surface area contributed by atoms with E-state index in [-0.39, 0.29) is 0 Å². The molecule has 0 amide bonds. The molecule has 0 saturated carbocycles. The van der Waals surface area contributed by atoms with Crippen LogP contribution in [0.1, 0.15) is 18.1 Å². The Hall–Kier alpha value is -5.45. The van der Waals surface area contributed by atoms with E-state index in [0.29, 0.717) is 5.56 Å². The Morgan fingerprint density at radius 3 is 1.69 bits per heavy atom. The van der Waals surface area contributed by atoms with Gasteiger partial charge in [-0.05, 0) is 106 Å². The van der Waals surface area contributed by atoms with Gasteiger partial charge in [0.1, 0.15) is 0 Å². The molecule has 0 aliphatic rings. The van der Waals surface area contributed by atoms with E-state index < -0.39 is 0 Å². The molecule has 0 unspecified atom stereocenters. The molecule has 0 spiro atoms. The van der Waals surface area contributed by atoms with Crippen molar-refractivity contribution in [2.24, 2.45) is 0 Å². The Balaban J connectivity index is 1.50. The molecule has 196 valence electrons. The predicted molar refractivity (Wildman–Crippen MR) is 179 cm³/mol. The van der Waals surface area contributed by atoms with Crippen LogP contribution in [-0.2, 0) is 6.42 Å². The minimum atomic E-state index is 0.672. The first-order valence-corrected chi connectivity index (χ1v) is 14.6. The zero-order valence-electron chi connectivity index (χ0n) is 23.4. The Morgan fingerprint density at radius 2 is 1.05 bits per heavy atom. The highest BCUT2D eigenvalue weighted by molar-refractivity contribution is 6.25. The van der Waals surface area contributed by atoms with Gasteiger partial charge in [0.25, 0.3) is 0 Å². The molecule has 8 aromatic carbocycles. The summed E-state index contributed by atoms with van der Waals surface area (Å²) in [7, 11) is 0. The molecule has 0 fully saturated rings. The molecule has 8 aromatic rings. The van der Waals surface area contributed by atoms with E-state index in [1.807, 2.05) is 12.1 Å². The van der Waals surface area contributed by atoms with Gasteiger partial charge in [-0.1, -0.05) is 122 Å². The average molecular weight is 534 g/mol. The number of nitrogens with zero attached hydrogens (tertiary/aromatic N) is 1. The molecule has 0 radical (unpaired) electrons. The largest absolute Gasteiger partial charge is 0.192 e. The van der Waals surface area contributed by atoms with Crippen LogP contribution in [0.3, 0.4) is 0 Å². The number of aryl methyl sites for hydroxylation is 1. The molecule has 0 saturated heterocycles. The van der Waals surface area contributed by atoms with E-state index >= 15 is 0 Å². The molecular formula is C41H27N. The van der Waals surface area contributed by atoms with Crippen LogP contribution in [-0.4, -0.2) is 0 Å². The van der Waals surface area contributed by atoms with Gasteiger partial charge in [0.05, 0.1) is 11.6 Å². The molecule has 1 heteroatoms. The highest BCUT2D eigenvalue weighted by Crippen LogP contribution is 2.46. The number of benzene rings is 8. The van der Waals surface area contributed by atoms with Crippen molar-refractivity contribution < 1.29 is 0 Å². The van der Waals surface area contributed by atoms with Crippen LogP contribution in [0.5, 0.6) is 0 Å². The van der Waals surface area contributed by atoms with Crippen molar-refractivity contribution in [2.45, 2.75) is 13.3 Å². The summed E-state index contributed by atoms with van der Waals surface area (Å²) < 4.78 is 0. The first kappa shape index (κ1) is 24.4. The van der Waals surface area contributed by atoms with Gasteiger partial charge in [-0.25, -0.2) is 0 Å². The van der Waals surface area contributed by atoms with Gasteiger partial charge in [-0.3, -0.25) is 0 Å². The van der Waals surface area contributed by atoms with Crippen LogP contribution in [0.15, 0.2) is 133 Å². The zero-order valence-corrected chi connectivity index (χ0v) is 23.4. The molecule has 0 atom stereocenters. The van der Waals surface area contributed by atoms with E-state index in [1.54, 1.807) is 0 Å². The third-order valence-electron chi connectivity index (χ3n) is 8.87. The van der Waals surface area contributed by atoms with Crippen molar-refractivity contribution in [3.63, 3.8) is 0 Å². The van der Waals surface area contributed by atoms with Gasteiger partial charge in [0, 0.05) is 0 Å². The first-order chi connectivity index (χ1) is 20.8. The smallest absolute Gasteiger partial charge is 0.0991 e. The molecular weight excluding hydrogens is 506 g/mol. The fourth-order valence-electron chi connectivity index (χ4n) is 7.04. The lowest BCUT2D eigenvalue weighted by Gasteiger charge is -2.19. The highest BCUT2D eigenvalue weighted by Gasteiger charge is 2.19. The van der Waals surface area contributed by atoms with E-state index in [2.05, 4.69) is 134 Å². The fraction of sp³-hybridized carbons (Fsp3) is 0.0488. The molecule has 0 N–H and O–H groups in total. The maximum atomic E-state index is 9.39. The summed E-state index contributed by atoms with van der Waals surface area (Å²) in [6, 6.07) is 50.4. The second-order valence-electron chi connectivity index (χ2n) is 11.0. The molecule has 42 heavy (non-hydrogen) atoms. The quantitative estimate of drug-likeness (QED) is 0.164. The van der Waals surface area contributed by atoms with Crippen molar-refractivity contribution in [3.8, 4) is 28.3 Å². The maximum Gasteiger partial charge on any atom is 0.0991 e. The second kappa shape index (κ2) is 9.58. The average Bonchev–Trinajstić information content (AvgIpc) is 3.06. The minimum Gasteiger partial charge on any atom is -0.192 e. The van der Waals surface area contributed by atoms with Gasteiger partial charge in [0.2, 0.25) is 0 Å². The summed E-state index contributed by atoms with van der Waals surface area (Å²) in [5.41, 5.74) is 6.93. The number of hydrogen-bond donors (Lipinski definition) is 0. The molecule has 0 bridgehead atoms. The van der Waals surface area contributed by atoms with Crippen molar-refractivity contribution in [1.82, 2.24) is 0 Å². The summed E-state index contributed by atoms with van der Waals surface area (Å²) in [5, 5.41) is 22.1. The SMILES string of the molecule is CCc1c2ccccc2cc2c1ccc1c(-c3c4ccccc4c(-c4ccc(C#N)cc4)c4ccccc34)cccc12. The Bertz CT molecular complexity index is 2330. The number of fused-ring (bicyclic) bond motifs is 6. The fourth-order valence-corrected chi connectivity index (χ4v) is 7.04. The van der Waals surface area contributed by atoms with Gasteiger partial charge >= 0.3 is 0 Å². The van der Waals surface area contributed by atoms with Gasteiger partial charge in [0.15, 0.2) is 0 Å². The Morgan fingerprint density at radius 1 is 0.476 bits per heavy atom. The predicted octanol–water partition coefficient (Wildman–Crippen LogP) is 11.2. The molecule has 1 nitrogen and oxygen atoms in total. The molecule has 0 aromatic heterocycles. The van der Waals surface area contributed by atoms with Crippen molar-refractivity contribution >= 4 is 53.9 Å². The topological polar surface area (TPSA) is 23.8 Å². The maximum absolute atomic E-state index is 9.39. The molecule has 0 heterocycles. The Labute approximate surface area is 244 Å². The van der Waals surface area contributed by atoms with Crippen LogP contribution in [0.25, 0.3) is 76.1 Å². The standard InChI is InChI=1S/C41H27N/c1-2-29-30-11-4-3-10-28(30)24-39-31-16-9-17-34(33(31)23-22-32(29)39)41-37-14-7-5-12-35(37)40(36-13-6-8-15-38(36)41)27-20-18-26(25-42)19-21-27/h3-24H,2H2,1H3. The van der Waals surface area contributed by atoms with Crippen molar-refractivity contribution in [2.75, 3.05) is 0 Å². The Kier molecular flexibility index (Phi) is 5.56. The van der Waals surface area contributed by atoms with Crippen molar-refractivity contribution in [1.29, 1.82) is 5.26 Å². The third-order valence-corrected chi connectivity index (χ3v) is 8.87. The van der Waals surface area contributed by atoms with E-state index in [1.165, 1.54) is 76.1 Å². The van der Waals surface area contributed by atoms with Gasteiger partial charge in [-0.15, -0.1) is 0 Å². The first-order valence-electron chi connectivity index (χ1n) is 14.6. The molecule has 8 rings (SSSR count). The zero-order chi connectivity index (χ0) is 28.2. The number of hydrogen-bond acceptors (Lipinski definition) is 1. The van der Waals surface area contributed by atoms with Crippen LogP contribution in [0, 0.1) is 11.3 Å². The minimum absolute atomic E-state index is 0.672. The summed E-state index contributed by atoms with van der Waals surface area (Å²) >= 11 is 0. The lowest BCUT2D eigenvalue weighted by atomic mass is 9.84. The van der Waals surface area contributed by atoms with Gasteiger partial charge < -0.3 is 0 Å². The van der Waals surface area contributed by atoms with E-state index in [4.69, 9.17) is 0 Å². The lowest BCUT2D eigenvalue weighted by molar-refractivity contribution is 1.18. The van der Waals surface area contributed by atoms with Crippen LogP contribution in [0.2, 0.25) is 0 Å². The van der Waals surface area contributed by atoms with Crippen LogP contribution < -0.4 is 0 Å². The van der Waals surface area contributed by atoms with Gasteiger partial charge in [-0.2, -0.15) is 5.26 Å². The third kappa shape index (κ3) is 3.56. The monoisotopic (exact) mass is 533 g/mol. The van der Waals surface area contributed by atoms with Crippen LogP contribution in [0.4, 0.5) is 0 Å². The van der Waals surface area contributed by atoms with E-state index in [9.17, 15) is 5.26 Å². The summed E-state index contributed by atoms with van der Waals surface area (Å²) in [5.74, 6) is 0. The second-order valence-corrected chi connectivity index (χ2v) is 11.0. The summed E-state index contributed by atoms with van der Waals surface area (Å²) in [6.07, 6.45) is 0.995. The molecule has 0 aliphatic heterocycles. The van der Waals surface area contributed by atoms with Crippen LogP contribution >= 0.6 is 0 Å². The lowest BCUT2D eigenvalue weighted by Crippen LogP contribution is -1.93. The molecule has 0 aliphatic carbocycles. The van der Waals surface area contributed by atoms with E-state index in [0.717, 1.165) is 12.0 Å². The van der Waals surface area contributed by atoms with Crippen molar-refractivity contribution in [3.05, 3.63) is 145 Å². The highest BCUT2D eigenvalue weighted by atomic mass is 14.2.